The van der Waals surface area contributed by atoms with Crippen molar-refractivity contribution in [2.45, 2.75) is 50.3 Å². The molecule has 2 fully saturated rings. The average molecular weight is 420 g/mol. The quantitative estimate of drug-likeness (QED) is 0.701. The van der Waals surface area contributed by atoms with Crippen LogP contribution in [0.25, 0.3) is 11.0 Å². The number of aromatic amines is 1. The first-order chi connectivity index (χ1) is 15.2. The van der Waals surface area contributed by atoms with Crippen LogP contribution in [-0.2, 0) is 9.47 Å². The first-order valence-electron chi connectivity index (χ1n) is 11.0. The molecule has 0 radical (unpaired) electrons. The SMILES string of the molecule is C#C/C=C\C1=C(C)OCC(N2CCC(OC)C2)C1Nc1ncnc2[nH]c(C3CC3)cc12. The lowest BCUT2D eigenvalue weighted by molar-refractivity contribution is 0.0659. The molecule has 5 rings (SSSR count). The molecular weight excluding hydrogens is 390 g/mol. The molecule has 3 unspecified atom stereocenters. The van der Waals surface area contributed by atoms with E-state index in [4.69, 9.17) is 15.9 Å². The minimum absolute atomic E-state index is 0.00803. The highest BCUT2D eigenvalue weighted by Gasteiger charge is 2.38. The number of methoxy groups -OCH3 is 1. The Labute approximate surface area is 182 Å². The summed E-state index contributed by atoms with van der Waals surface area (Å²) in [6, 6.07) is 2.34. The Morgan fingerprint density at radius 2 is 2.23 bits per heavy atom. The van der Waals surface area contributed by atoms with Crippen molar-refractivity contribution in [2.75, 3.05) is 32.1 Å². The first kappa shape index (κ1) is 20.1. The molecule has 3 aliphatic rings. The number of rotatable bonds is 6. The van der Waals surface area contributed by atoms with Gasteiger partial charge in [-0.3, -0.25) is 4.90 Å². The van der Waals surface area contributed by atoms with Crippen molar-refractivity contribution < 1.29 is 9.47 Å². The van der Waals surface area contributed by atoms with E-state index in [-0.39, 0.29) is 18.2 Å². The van der Waals surface area contributed by atoms with Gasteiger partial charge in [0.1, 0.15) is 24.4 Å². The van der Waals surface area contributed by atoms with E-state index < -0.39 is 0 Å². The molecule has 0 spiro atoms. The predicted octanol–water partition coefficient (Wildman–Crippen LogP) is 3.20. The fraction of sp³-hybridized carbons (Fsp3) is 0.500. The maximum atomic E-state index is 6.08. The molecule has 2 aliphatic heterocycles. The van der Waals surface area contributed by atoms with Crippen molar-refractivity contribution in [3.05, 3.63) is 41.6 Å². The van der Waals surface area contributed by atoms with E-state index in [0.29, 0.717) is 12.5 Å². The van der Waals surface area contributed by atoms with Gasteiger partial charge in [0.2, 0.25) is 0 Å². The third kappa shape index (κ3) is 3.93. The minimum Gasteiger partial charge on any atom is -0.496 e. The zero-order valence-electron chi connectivity index (χ0n) is 18.1. The number of ether oxygens (including phenoxy) is 2. The van der Waals surface area contributed by atoms with Crippen molar-refractivity contribution in [1.82, 2.24) is 19.9 Å². The molecule has 7 heteroatoms. The molecule has 0 aromatic carbocycles. The first-order valence-corrected chi connectivity index (χ1v) is 11.0. The summed E-state index contributed by atoms with van der Waals surface area (Å²) in [5, 5.41) is 4.77. The van der Waals surface area contributed by atoms with E-state index in [1.165, 1.54) is 18.5 Å². The normalized spacial score (nSPS) is 27.1. The smallest absolute Gasteiger partial charge is 0.143 e. The van der Waals surface area contributed by atoms with Crippen molar-refractivity contribution >= 4 is 16.9 Å². The second-order valence-electron chi connectivity index (χ2n) is 8.64. The lowest BCUT2D eigenvalue weighted by Crippen LogP contribution is -2.52. The van der Waals surface area contributed by atoms with E-state index in [0.717, 1.165) is 47.7 Å². The summed E-state index contributed by atoms with van der Waals surface area (Å²) in [6.45, 7) is 4.48. The second-order valence-corrected chi connectivity index (χ2v) is 8.64. The fourth-order valence-corrected chi connectivity index (χ4v) is 4.75. The largest absolute Gasteiger partial charge is 0.496 e. The molecule has 1 saturated carbocycles. The summed E-state index contributed by atoms with van der Waals surface area (Å²) in [6.07, 6.45) is 14.6. The van der Waals surface area contributed by atoms with Crippen LogP contribution in [-0.4, -0.2) is 64.8 Å². The van der Waals surface area contributed by atoms with Gasteiger partial charge in [-0.1, -0.05) is 5.92 Å². The monoisotopic (exact) mass is 419 g/mol. The number of hydrogen-bond acceptors (Lipinski definition) is 6. The summed E-state index contributed by atoms with van der Waals surface area (Å²) < 4.78 is 11.7. The third-order valence-corrected chi connectivity index (χ3v) is 6.69. The maximum Gasteiger partial charge on any atom is 0.143 e. The highest BCUT2D eigenvalue weighted by Crippen LogP contribution is 2.41. The molecule has 2 N–H and O–H groups in total. The van der Waals surface area contributed by atoms with Crippen LogP contribution in [0.15, 0.2) is 35.9 Å². The number of anilines is 1. The Balaban J connectivity index is 1.50. The van der Waals surface area contributed by atoms with Crippen LogP contribution in [0, 0.1) is 12.3 Å². The van der Waals surface area contributed by atoms with Crippen molar-refractivity contribution in [3.63, 3.8) is 0 Å². The topological polar surface area (TPSA) is 75.3 Å². The van der Waals surface area contributed by atoms with Crippen LogP contribution < -0.4 is 5.32 Å². The lowest BCUT2D eigenvalue weighted by Gasteiger charge is -2.39. The summed E-state index contributed by atoms with van der Waals surface area (Å²) in [5.74, 6) is 4.97. The number of fused-ring (bicyclic) bond motifs is 1. The Morgan fingerprint density at radius 3 is 2.97 bits per heavy atom. The standard InChI is InChI=1S/C24H29N5O2/c1-4-5-6-18-15(2)31-13-21(29-10-9-17(12-29)30-3)22(18)28-24-19-11-20(16-7-8-16)27-23(19)25-14-26-24/h1,5-6,11,14,16-17,21-22H,7-10,12-13H2,2-3H3,(H2,25,26,27,28)/b6-5-. The van der Waals surface area contributed by atoms with E-state index in [2.05, 4.69) is 37.2 Å². The molecule has 3 atom stereocenters. The van der Waals surface area contributed by atoms with Gasteiger partial charge >= 0.3 is 0 Å². The molecule has 0 amide bonds. The maximum absolute atomic E-state index is 6.08. The van der Waals surface area contributed by atoms with Gasteiger partial charge in [0.15, 0.2) is 0 Å². The van der Waals surface area contributed by atoms with Gasteiger partial charge in [-0.25, -0.2) is 9.97 Å². The molecule has 2 aromatic rings. The van der Waals surface area contributed by atoms with Gasteiger partial charge in [0.25, 0.3) is 0 Å². The predicted molar refractivity (Wildman–Crippen MR) is 121 cm³/mol. The number of nitrogens with zero attached hydrogens (tertiary/aromatic N) is 3. The number of terminal acetylenes is 1. The molecule has 1 aliphatic carbocycles. The van der Waals surface area contributed by atoms with Gasteiger partial charge in [0, 0.05) is 31.5 Å². The van der Waals surface area contributed by atoms with E-state index in [1.54, 1.807) is 19.5 Å². The van der Waals surface area contributed by atoms with Crippen LogP contribution in [0.4, 0.5) is 5.82 Å². The van der Waals surface area contributed by atoms with Crippen molar-refractivity contribution in [2.24, 2.45) is 0 Å². The number of aromatic nitrogens is 3. The van der Waals surface area contributed by atoms with Crippen LogP contribution in [0.3, 0.4) is 0 Å². The zero-order chi connectivity index (χ0) is 21.4. The van der Waals surface area contributed by atoms with E-state index >= 15 is 0 Å². The highest BCUT2D eigenvalue weighted by molar-refractivity contribution is 5.88. The molecular formula is C24H29N5O2. The highest BCUT2D eigenvalue weighted by atomic mass is 16.5. The zero-order valence-corrected chi connectivity index (χ0v) is 18.1. The third-order valence-electron chi connectivity index (χ3n) is 6.69. The number of allylic oxidation sites excluding steroid dienone is 2. The van der Waals surface area contributed by atoms with E-state index in [9.17, 15) is 0 Å². The molecule has 4 heterocycles. The number of hydrogen-bond donors (Lipinski definition) is 2. The summed E-state index contributed by atoms with van der Waals surface area (Å²) in [7, 11) is 1.79. The number of H-pyrrole nitrogens is 1. The Kier molecular flexibility index (Phi) is 5.43. The number of nitrogens with one attached hydrogen (secondary N) is 2. The van der Waals surface area contributed by atoms with Crippen LogP contribution in [0.1, 0.15) is 37.8 Å². The lowest BCUT2D eigenvalue weighted by atomic mass is 9.94. The molecule has 31 heavy (non-hydrogen) atoms. The molecule has 162 valence electrons. The van der Waals surface area contributed by atoms with Gasteiger partial charge in [0.05, 0.1) is 29.3 Å². The molecule has 2 aromatic heterocycles. The average Bonchev–Trinajstić information content (AvgIpc) is 3.35. The van der Waals surface area contributed by atoms with Crippen LogP contribution >= 0.6 is 0 Å². The van der Waals surface area contributed by atoms with Crippen LogP contribution in [0.5, 0.6) is 0 Å². The van der Waals surface area contributed by atoms with E-state index in [1.807, 2.05) is 13.0 Å². The molecule has 1 saturated heterocycles. The van der Waals surface area contributed by atoms with Gasteiger partial charge in [-0.05, 0) is 50.3 Å². The Bertz CT molecular complexity index is 1060. The van der Waals surface area contributed by atoms with Gasteiger partial charge < -0.3 is 19.8 Å². The van der Waals surface area contributed by atoms with Gasteiger partial charge in [-0.15, -0.1) is 6.42 Å². The Hall–Kier alpha value is -2.82. The minimum atomic E-state index is -0.00803. The summed E-state index contributed by atoms with van der Waals surface area (Å²) in [4.78, 5) is 15.0. The number of likely N-dealkylation sites (tertiary alicyclic amines) is 1. The van der Waals surface area contributed by atoms with Gasteiger partial charge in [-0.2, -0.15) is 0 Å². The van der Waals surface area contributed by atoms with Crippen LogP contribution in [0.2, 0.25) is 0 Å². The molecule has 7 nitrogen and oxygen atoms in total. The molecule has 0 bridgehead atoms. The van der Waals surface area contributed by atoms with Crippen molar-refractivity contribution in [1.29, 1.82) is 0 Å². The Morgan fingerprint density at radius 1 is 1.35 bits per heavy atom. The second kappa shape index (κ2) is 8.37. The fourth-order valence-electron chi connectivity index (χ4n) is 4.75. The summed E-state index contributed by atoms with van der Waals surface area (Å²) in [5.41, 5.74) is 3.19. The summed E-state index contributed by atoms with van der Waals surface area (Å²) >= 11 is 0. The van der Waals surface area contributed by atoms with Crippen molar-refractivity contribution in [3.8, 4) is 12.3 Å².